The van der Waals surface area contributed by atoms with Crippen LogP contribution >= 0.6 is 0 Å². The van der Waals surface area contributed by atoms with E-state index in [-0.39, 0.29) is 18.0 Å². The van der Waals surface area contributed by atoms with E-state index in [0.29, 0.717) is 19.8 Å². The van der Waals surface area contributed by atoms with Gasteiger partial charge in [0.25, 0.3) is 0 Å². The molecule has 2 atom stereocenters. The third kappa shape index (κ3) is 2.40. The highest BCUT2D eigenvalue weighted by atomic mass is 16.5. The largest absolute Gasteiger partial charge is 0.378 e. The van der Waals surface area contributed by atoms with Crippen molar-refractivity contribution in [3.63, 3.8) is 0 Å². The Morgan fingerprint density at radius 3 is 3.00 bits per heavy atom. The molecule has 76 valence electrons. The van der Waals surface area contributed by atoms with Gasteiger partial charge in [0, 0.05) is 19.1 Å². The van der Waals surface area contributed by atoms with Crippen molar-refractivity contribution < 1.29 is 9.53 Å². The van der Waals surface area contributed by atoms with E-state index in [2.05, 4.69) is 0 Å². The number of nitrogens with zero attached hydrogens (tertiary/aromatic N) is 1. The number of primary amides is 1. The fourth-order valence-corrected chi connectivity index (χ4v) is 1.53. The Morgan fingerprint density at radius 2 is 2.46 bits per heavy atom. The molecule has 13 heavy (non-hydrogen) atoms. The normalized spacial score (nSPS) is 27.1. The summed E-state index contributed by atoms with van der Waals surface area (Å²) in [7, 11) is 0. The predicted molar refractivity (Wildman–Crippen MR) is 49.0 cm³/mol. The summed E-state index contributed by atoms with van der Waals surface area (Å²) in [6.07, 6.45) is 0. The Hall–Kier alpha value is -0.650. The number of carbonyl (C=O) groups is 1. The van der Waals surface area contributed by atoms with E-state index in [0.717, 1.165) is 6.54 Å². The number of amides is 1. The van der Waals surface area contributed by atoms with E-state index in [1.165, 1.54) is 0 Å². The van der Waals surface area contributed by atoms with Crippen molar-refractivity contribution in [1.82, 2.24) is 4.90 Å². The van der Waals surface area contributed by atoms with Crippen LogP contribution in [0, 0.1) is 0 Å². The standard InChI is InChI=1S/C8H17N3O2/c1-6(4-9)11-2-3-13-5-7(11)8(10)12/h6-7H,2-5,9H2,1H3,(H2,10,12). The van der Waals surface area contributed by atoms with Crippen LogP contribution in [0.15, 0.2) is 0 Å². The van der Waals surface area contributed by atoms with Gasteiger partial charge in [-0.2, -0.15) is 0 Å². The van der Waals surface area contributed by atoms with E-state index in [9.17, 15) is 4.79 Å². The van der Waals surface area contributed by atoms with Crippen molar-refractivity contribution in [2.75, 3.05) is 26.3 Å². The van der Waals surface area contributed by atoms with Crippen molar-refractivity contribution in [3.8, 4) is 0 Å². The summed E-state index contributed by atoms with van der Waals surface area (Å²) >= 11 is 0. The van der Waals surface area contributed by atoms with Gasteiger partial charge in [-0.3, -0.25) is 9.69 Å². The van der Waals surface area contributed by atoms with Gasteiger partial charge in [0.2, 0.25) is 5.91 Å². The number of nitrogens with two attached hydrogens (primary N) is 2. The zero-order chi connectivity index (χ0) is 9.84. The first-order valence-corrected chi connectivity index (χ1v) is 4.49. The zero-order valence-electron chi connectivity index (χ0n) is 7.90. The highest BCUT2D eigenvalue weighted by Crippen LogP contribution is 2.09. The lowest BCUT2D eigenvalue weighted by Gasteiger charge is -2.37. The van der Waals surface area contributed by atoms with Gasteiger partial charge in [-0.25, -0.2) is 0 Å². The quantitative estimate of drug-likeness (QED) is 0.564. The maximum atomic E-state index is 11.0. The summed E-state index contributed by atoms with van der Waals surface area (Å²) in [5, 5.41) is 0. The first-order chi connectivity index (χ1) is 6.16. The summed E-state index contributed by atoms with van der Waals surface area (Å²) in [6, 6.07) is -0.131. The molecule has 1 aliphatic heterocycles. The Bertz CT molecular complexity index is 186. The number of ether oxygens (including phenoxy) is 1. The van der Waals surface area contributed by atoms with E-state index in [1.54, 1.807) is 0 Å². The number of morpholine rings is 1. The monoisotopic (exact) mass is 187 g/mol. The molecule has 0 aromatic rings. The number of carbonyl (C=O) groups excluding carboxylic acids is 1. The van der Waals surface area contributed by atoms with E-state index in [4.69, 9.17) is 16.2 Å². The average molecular weight is 187 g/mol. The third-order valence-electron chi connectivity index (χ3n) is 2.41. The molecule has 1 fully saturated rings. The molecule has 1 heterocycles. The second-order valence-electron chi connectivity index (χ2n) is 3.32. The summed E-state index contributed by atoms with van der Waals surface area (Å²) < 4.78 is 5.18. The van der Waals surface area contributed by atoms with Gasteiger partial charge >= 0.3 is 0 Å². The Morgan fingerprint density at radius 1 is 1.77 bits per heavy atom. The lowest BCUT2D eigenvalue weighted by molar-refractivity contribution is -0.130. The minimum Gasteiger partial charge on any atom is -0.378 e. The third-order valence-corrected chi connectivity index (χ3v) is 2.41. The van der Waals surface area contributed by atoms with Crippen LogP contribution in [0.25, 0.3) is 0 Å². The van der Waals surface area contributed by atoms with Crippen LogP contribution in [-0.2, 0) is 9.53 Å². The number of rotatable bonds is 3. The molecule has 0 bridgehead atoms. The zero-order valence-corrected chi connectivity index (χ0v) is 7.90. The number of hydrogen-bond acceptors (Lipinski definition) is 4. The second kappa shape index (κ2) is 4.55. The molecule has 1 saturated heterocycles. The van der Waals surface area contributed by atoms with Crippen LogP contribution in [0.1, 0.15) is 6.92 Å². The molecule has 4 N–H and O–H groups in total. The molecule has 1 rings (SSSR count). The van der Waals surface area contributed by atoms with Crippen LogP contribution in [0.2, 0.25) is 0 Å². The van der Waals surface area contributed by atoms with E-state index >= 15 is 0 Å². The molecule has 2 unspecified atom stereocenters. The molecular formula is C8H17N3O2. The molecule has 0 aromatic carbocycles. The minimum atomic E-state index is -0.333. The summed E-state index contributed by atoms with van der Waals surface area (Å²) in [6.45, 7) is 4.28. The van der Waals surface area contributed by atoms with Gasteiger partial charge in [-0.1, -0.05) is 0 Å². The van der Waals surface area contributed by atoms with E-state index in [1.807, 2.05) is 11.8 Å². The predicted octanol–water partition coefficient (Wildman–Crippen LogP) is -1.48. The van der Waals surface area contributed by atoms with Gasteiger partial charge in [-0.15, -0.1) is 0 Å². The van der Waals surface area contributed by atoms with Gasteiger partial charge in [-0.05, 0) is 6.92 Å². The minimum absolute atomic E-state index is 0.182. The molecule has 5 heteroatoms. The van der Waals surface area contributed by atoms with Crippen molar-refractivity contribution >= 4 is 5.91 Å². The summed E-state index contributed by atoms with van der Waals surface area (Å²) in [5.41, 5.74) is 10.8. The molecule has 0 aromatic heterocycles. The van der Waals surface area contributed by atoms with E-state index < -0.39 is 0 Å². The van der Waals surface area contributed by atoms with Gasteiger partial charge in [0.1, 0.15) is 6.04 Å². The molecule has 1 amide bonds. The molecule has 0 saturated carbocycles. The molecule has 0 spiro atoms. The molecular weight excluding hydrogens is 170 g/mol. The first kappa shape index (κ1) is 10.4. The van der Waals surface area contributed by atoms with Crippen LogP contribution < -0.4 is 11.5 Å². The van der Waals surface area contributed by atoms with Crippen molar-refractivity contribution in [2.45, 2.75) is 19.0 Å². The van der Waals surface area contributed by atoms with Crippen molar-refractivity contribution in [3.05, 3.63) is 0 Å². The Kier molecular flexibility index (Phi) is 3.65. The van der Waals surface area contributed by atoms with Crippen LogP contribution in [0.4, 0.5) is 0 Å². The topological polar surface area (TPSA) is 81.6 Å². The lowest BCUT2D eigenvalue weighted by atomic mass is 10.1. The van der Waals surface area contributed by atoms with Crippen LogP contribution in [-0.4, -0.2) is 49.2 Å². The smallest absolute Gasteiger partial charge is 0.237 e. The Balaban J connectivity index is 2.61. The SMILES string of the molecule is CC(CN)N1CCOCC1C(N)=O. The van der Waals surface area contributed by atoms with Crippen LogP contribution in [0.5, 0.6) is 0 Å². The van der Waals surface area contributed by atoms with Crippen LogP contribution in [0.3, 0.4) is 0 Å². The van der Waals surface area contributed by atoms with Gasteiger partial charge < -0.3 is 16.2 Å². The summed E-state index contributed by atoms with van der Waals surface area (Å²) in [5.74, 6) is -0.333. The van der Waals surface area contributed by atoms with Crippen molar-refractivity contribution in [1.29, 1.82) is 0 Å². The average Bonchev–Trinajstić information content (AvgIpc) is 2.16. The maximum absolute atomic E-state index is 11.0. The molecule has 0 radical (unpaired) electrons. The van der Waals surface area contributed by atoms with Gasteiger partial charge in [0.15, 0.2) is 0 Å². The molecule has 5 nitrogen and oxygen atoms in total. The summed E-state index contributed by atoms with van der Waals surface area (Å²) in [4.78, 5) is 13.1. The lowest BCUT2D eigenvalue weighted by Crippen LogP contribution is -2.57. The Labute approximate surface area is 78.0 Å². The molecule has 1 aliphatic rings. The highest BCUT2D eigenvalue weighted by molar-refractivity contribution is 5.80. The maximum Gasteiger partial charge on any atom is 0.237 e. The molecule has 0 aliphatic carbocycles. The fraction of sp³-hybridized carbons (Fsp3) is 0.875. The highest BCUT2D eigenvalue weighted by Gasteiger charge is 2.30. The first-order valence-electron chi connectivity index (χ1n) is 4.49. The fourth-order valence-electron chi connectivity index (χ4n) is 1.53. The second-order valence-corrected chi connectivity index (χ2v) is 3.32. The number of hydrogen-bond donors (Lipinski definition) is 2. The van der Waals surface area contributed by atoms with Gasteiger partial charge in [0.05, 0.1) is 13.2 Å². The van der Waals surface area contributed by atoms with Crippen molar-refractivity contribution in [2.24, 2.45) is 11.5 Å².